The molecular formula is C20H26O6. The van der Waals surface area contributed by atoms with Gasteiger partial charge in [-0.15, -0.1) is 0 Å². The minimum atomic E-state index is -1.21. The van der Waals surface area contributed by atoms with E-state index in [1.54, 1.807) is 19.2 Å². The summed E-state index contributed by atoms with van der Waals surface area (Å²) in [5.74, 6) is 0.732. The molecule has 0 amide bonds. The Hall–Kier alpha value is -1.96. The summed E-state index contributed by atoms with van der Waals surface area (Å²) in [6.45, 7) is 0.00203. The summed E-state index contributed by atoms with van der Waals surface area (Å²) in [6.07, 6.45) is -3.24. The van der Waals surface area contributed by atoms with Crippen LogP contribution in [-0.4, -0.2) is 54.0 Å². The van der Waals surface area contributed by atoms with Crippen LogP contribution in [0, 0.1) is 0 Å². The Morgan fingerprint density at radius 2 is 1.50 bits per heavy atom. The van der Waals surface area contributed by atoms with Crippen molar-refractivity contribution in [1.82, 2.24) is 0 Å². The van der Waals surface area contributed by atoms with Crippen molar-refractivity contribution in [3.63, 3.8) is 0 Å². The number of hydrogen-bond donors (Lipinski definition) is 3. The highest BCUT2D eigenvalue weighted by molar-refractivity contribution is 5.26. The number of aliphatic hydroxyl groups excluding tert-OH is 3. The van der Waals surface area contributed by atoms with Crippen LogP contribution in [0.4, 0.5) is 0 Å². The van der Waals surface area contributed by atoms with Gasteiger partial charge < -0.3 is 29.5 Å². The van der Waals surface area contributed by atoms with E-state index in [1.165, 1.54) is 0 Å². The minimum Gasteiger partial charge on any atom is -0.497 e. The smallest absolute Gasteiger partial charge is 0.118 e. The zero-order valence-corrected chi connectivity index (χ0v) is 14.8. The molecule has 0 heterocycles. The fourth-order valence-corrected chi connectivity index (χ4v) is 2.46. The van der Waals surface area contributed by atoms with Gasteiger partial charge in [-0.3, -0.25) is 0 Å². The first kappa shape index (κ1) is 20.4. The lowest BCUT2D eigenvalue weighted by atomic mass is 10.1. The van der Waals surface area contributed by atoms with E-state index in [4.69, 9.17) is 14.2 Å². The largest absolute Gasteiger partial charge is 0.497 e. The summed E-state index contributed by atoms with van der Waals surface area (Å²) < 4.78 is 16.2. The molecule has 0 aliphatic rings. The molecule has 142 valence electrons. The highest BCUT2D eigenvalue weighted by Gasteiger charge is 2.27. The Morgan fingerprint density at radius 1 is 0.846 bits per heavy atom. The van der Waals surface area contributed by atoms with E-state index in [9.17, 15) is 15.3 Å². The van der Waals surface area contributed by atoms with Gasteiger partial charge in [0, 0.05) is 0 Å². The molecule has 2 aromatic rings. The second kappa shape index (κ2) is 10.9. The third kappa shape index (κ3) is 6.40. The molecule has 3 N–H and O–H groups in total. The van der Waals surface area contributed by atoms with E-state index in [0.717, 1.165) is 16.9 Å². The first-order chi connectivity index (χ1) is 12.6. The molecular weight excluding hydrogens is 336 g/mol. The molecule has 0 aromatic heterocycles. The second-order valence-corrected chi connectivity index (χ2v) is 5.94. The molecule has 0 saturated heterocycles. The SMILES string of the molecule is COc1ccc(CO[C@H]([C@H](O)COCc2ccccc2)[C@@H](O)CO)cc1. The molecule has 6 nitrogen and oxygen atoms in total. The molecule has 0 aliphatic heterocycles. The van der Waals surface area contributed by atoms with E-state index in [1.807, 2.05) is 42.5 Å². The molecule has 2 aromatic carbocycles. The first-order valence-corrected chi connectivity index (χ1v) is 8.47. The number of methoxy groups -OCH3 is 1. The molecule has 0 saturated carbocycles. The molecule has 0 fully saturated rings. The standard InChI is InChI=1S/C20H26O6/c1-24-17-9-7-16(8-10-17)13-26-20(18(22)11-21)19(23)14-25-12-15-5-3-2-4-6-15/h2-10,18-23H,11-14H2,1H3/t18-,19+,20-/m0/s1. The molecule has 0 radical (unpaired) electrons. The topological polar surface area (TPSA) is 88.4 Å². The van der Waals surface area contributed by atoms with Crippen LogP contribution in [0.3, 0.4) is 0 Å². The van der Waals surface area contributed by atoms with Gasteiger partial charge in [0.15, 0.2) is 0 Å². The van der Waals surface area contributed by atoms with Crippen molar-refractivity contribution in [1.29, 1.82) is 0 Å². The molecule has 0 aliphatic carbocycles. The zero-order valence-electron chi connectivity index (χ0n) is 14.8. The van der Waals surface area contributed by atoms with E-state index in [-0.39, 0.29) is 13.2 Å². The lowest BCUT2D eigenvalue weighted by Gasteiger charge is -2.26. The molecule has 6 heteroatoms. The first-order valence-electron chi connectivity index (χ1n) is 8.47. The van der Waals surface area contributed by atoms with Gasteiger partial charge in [-0.05, 0) is 23.3 Å². The molecule has 2 rings (SSSR count). The van der Waals surface area contributed by atoms with Gasteiger partial charge in [0.05, 0.1) is 33.5 Å². The normalized spacial score (nSPS) is 14.6. The number of benzene rings is 2. The highest BCUT2D eigenvalue weighted by Crippen LogP contribution is 2.15. The molecule has 0 bridgehead atoms. The Kier molecular flexibility index (Phi) is 8.53. The minimum absolute atomic E-state index is 0.0146. The quantitative estimate of drug-likeness (QED) is 0.562. The monoisotopic (exact) mass is 362 g/mol. The van der Waals surface area contributed by atoms with Gasteiger partial charge in [0.25, 0.3) is 0 Å². The maximum atomic E-state index is 10.3. The Labute approximate surface area is 153 Å². The van der Waals surface area contributed by atoms with Crippen LogP contribution in [0.2, 0.25) is 0 Å². The number of hydrogen-bond acceptors (Lipinski definition) is 6. The zero-order chi connectivity index (χ0) is 18.8. The van der Waals surface area contributed by atoms with Crippen molar-refractivity contribution in [2.45, 2.75) is 31.5 Å². The van der Waals surface area contributed by atoms with Gasteiger partial charge in [0.2, 0.25) is 0 Å². The predicted molar refractivity (Wildman–Crippen MR) is 96.8 cm³/mol. The third-order valence-electron chi connectivity index (χ3n) is 3.95. The summed E-state index contributed by atoms with van der Waals surface area (Å²) in [6, 6.07) is 16.8. The molecule has 3 atom stereocenters. The average molecular weight is 362 g/mol. The van der Waals surface area contributed by atoms with Crippen molar-refractivity contribution in [3.8, 4) is 5.75 Å². The molecule has 0 unspecified atom stereocenters. The van der Waals surface area contributed by atoms with Crippen LogP contribution in [0.15, 0.2) is 54.6 Å². The Bertz CT molecular complexity index is 616. The van der Waals surface area contributed by atoms with E-state index in [0.29, 0.717) is 6.61 Å². The Morgan fingerprint density at radius 3 is 2.12 bits per heavy atom. The Balaban J connectivity index is 1.86. The number of aliphatic hydroxyl groups is 3. The van der Waals surface area contributed by atoms with Gasteiger partial charge in [-0.25, -0.2) is 0 Å². The van der Waals surface area contributed by atoms with Crippen molar-refractivity contribution >= 4 is 0 Å². The van der Waals surface area contributed by atoms with Crippen LogP contribution in [-0.2, 0) is 22.7 Å². The summed E-state index contributed by atoms with van der Waals surface area (Å²) in [5, 5.41) is 29.5. The van der Waals surface area contributed by atoms with Crippen LogP contribution in [0.5, 0.6) is 5.75 Å². The second-order valence-electron chi connectivity index (χ2n) is 5.94. The fraction of sp³-hybridized carbons (Fsp3) is 0.400. The number of rotatable bonds is 11. The summed E-state index contributed by atoms with van der Waals surface area (Å²) >= 11 is 0. The van der Waals surface area contributed by atoms with Crippen molar-refractivity contribution in [2.24, 2.45) is 0 Å². The van der Waals surface area contributed by atoms with E-state index >= 15 is 0 Å². The lowest BCUT2D eigenvalue weighted by Crippen LogP contribution is -2.43. The lowest BCUT2D eigenvalue weighted by molar-refractivity contribution is -0.136. The predicted octanol–water partition coefficient (Wildman–Crippen LogP) is 1.51. The van der Waals surface area contributed by atoms with Crippen molar-refractivity contribution in [2.75, 3.05) is 20.3 Å². The summed E-state index contributed by atoms with van der Waals surface area (Å²) in [4.78, 5) is 0. The van der Waals surface area contributed by atoms with Gasteiger partial charge in [-0.1, -0.05) is 42.5 Å². The summed E-state index contributed by atoms with van der Waals surface area (Å²) in [7, 11) is 1.59. The highest BCUT2D eigenvalue weighted by atomic mass is 16.5. The van der Waals surface area contributed by atoms with Crippen LogP contribution in [0.1, 0.15) is 11.1 Å². The molecule has 0 spiro atoms. The fourth-order valence-electron chi connectivity index (χ4n) is 2.46. The van der Waals surface area contributed by atoms with Crippen LogP contribution < -0.4 is 4.74 Å². The summed E-state index contributed by atoms with van der Waals surface area (Å²) in [5.41, 5.74) is 1.84. The van der Waals surface area contributed by atoms with Crippen LogP contribution in [0.25, 0.3) is 0 Å². The van der Waals surface area contributed by atoms with Crippen LogP contribution >= 0.6 is 0 Å². The van der Waals surface area contributed by atoms with Crippen molar-refractivity contribution in [3.05, 3.63) is 65.7 Å². The third-order valence-corrected chi connectivity index (χ3v) is 3.95. The maximum Gasteiger partial charge on any atom is 0.118 e. The van der Waals surface area contributed by atoms with Crippen molar-refractivity contribution < 1.29 is 29.5 Å². The van der Waals surface area contributed by atoms with Gasteiger partial charge >= 0.3 is 0 Å². The van der Waals surface area contributed by atoms with E-state index < -0.39 is 24.9 Å². The maximum absolute atomic E-state index is 10.3. The number of ether oxygens (including phenoxy) is 3. The average Bonchev–Trinajstić information content (AvgIpc) is 2.69. The van der Waals surface area contributed by atoms with Gasteiger partial charge in [-0.2, -0.15) is 0 Å². The molecule has 26 heavy (non-hydrogen) atoms. The van der Waals surface area contributed by atoms with E-state index in [2.05, 4.69) is 0 Å². The van der Waals surface area contributed by atoms with Gasteiger partial charge in [0.1, 0.15) is 24.1 Å².